The van der Waals surface area contributed by atoms with Crippen molar-refractivity contribution < 1.29 is 9.18 Å². The summed E-state index contributed by atoms with van der Waals surface area (Å²) in [4.78, 5) is 15.3. The highest BCUT2D eigenvalue weighted by atomic mass is 19.1. The number of halogens is 1. The Balaban J connectivity index is 2.14. The predicted octanol–water partition coefficient (Wildman–Crippen LogP) is 3.58. The number of anilines is 2. The molecule has 2 aromatic carbocycles. The molecule has 3 aromatic rings. The molecule has 1 N–H and O–H groups in total. The van der Waals surface area contributed by atoms with Crippen molar-refractivity contribution in [3.8, 4) is 0 Å². The first-order valence-corrected chi connectivity index (χ1v) is 6.52. The summed E-state index contributed by atoms with van der Waals surface area (Å²) < 4.78 is 16.3. The average Bonchev–Trinajstić information content (AvgIpc) is 2.85. The number of aryl methyl sites for hydroxylation is 2. The van der Waals surface area contributed by atoms with Crippen LogP contribution in [0.3, 0.4) is 0 Å². The molecule has 106 valence electrons. The van der Waals surface area contributed by atoms with Gasteiger partial charge in [0.1, 0.15) is 5.52 Å². The van der Waals surface area contributed by atoms with Crippen molar-refractivity contribution in [1.29, 1.82) is 0 Å². The monoisotopic (exact) mass is 283 g/mol. The largest absolute Gasteiger partial charge is 0.352 e. The molecule has 0 aliphatic carbocycles. The minimum Gasteiger partial charge on any atom is -0.352 e. The number of aldehydes is 1. The second-order valence-corrected chi connectivity index (χ2v) is 4.99. The minimum absolute atomic E-state index is 0.153. The van der Waals surface area contributed by atoms with Crippen molar-refractivity contribution >= 4 is 28.7 Å². The molecule has 0 atom stereocenters. The first-order valence-electron chi connectivity index (χ1n) is 6.52. The molecule has 0 saturated carbocycles. The van der Waals surface area contributed by atoms with Crippen molar-refractivity contribution in [2.45, 2.75) is 6.92 Å². The van der Waals surface area contributed by atoms with E-state index in [9.17, 15) is 9.18 Å². The summed E-state index contributed by atoms with van der Waals surface area (Å²) in [5.74, 6) is -0.518. The summed E-state index contributed by atoms with van der Waals surface area (Å²) in [6, 6.07) is 9.15. The van der Waals surface area contributed by atoms with Gasteiger partial charge in [0.25, 0.3) is 0 Å². The van der Waals surface area contributed by atoms with E-state index in [1.807, 2.05) is 31.2 Å². The summed E-state index contributed by atoms with van der Waals surface area (Å²) >= 11 is 0. The van der Waals surface area contributed by atoms with Gasteiger partial charge in [0, 0.05) is 18.3 Å². The van der Waals surface area contributed by atoms with Crippen LogP contribution in [0.5, 0.6) is 0 Å². The van der Waals surface area contributed by atoms with Crippen LogP contribution in [-0.2, 0) is 7.05 Å². The zero-order valence-electron chi connectivity index (χ0n) is 11.7. The van der Waals surface area contributed by atoms with Crippen LogP contribution in [0, 0.1) is 12.7 Å². The van der Waals surface area contributed by atoms with Crippen molar-refractivity contribution in [3.05, 3.63) is 53.6 Å². The Morgan fingerprint density at radius 1 is 1.29 bits per heavy atom. The highest BCUT2D eigenvalue weighted by molar-refractivity contribution is 5.94. The number of nitrogens with one attached hydrogen (secondary N) is 1. The Labute approximate surface area is 121 Å². The van der Waals surface area contributed by atoms with Crippen LogP contribution in [0.2, 0.25) is 0 Å². The van der Waals surface area contributed by atoms with E-state index in [-0.39, 0.29) is 16.8 Å². The Morgan fingerprint density at radius 3 is 2.67 bits per heavy atom. The molecule has 0 bridgehead atoms. The third-order valence-electron chi connectivity index (χ3n) is 3.44. The summed E-state index contributed by atoms with van der Waals surface area (Å²) in [6.07, 6.45) is 2.17. The fourth-order valence-corrected chi connectivity index (χ4v) is 2.24. The van der Waals surface area contributed by atoms with Gasteiger partial charge in [0.05, 0.1) is 17.5 Å². The molecule has 4 nitrogen and oxygen atoms in total. The summed E-state index contributed by atoms with van der Waals surface area (Å²) in [5.41, 5.74) is 3.08. The van der Waals surface area contributed by atoms with E-state index < -0.39 is 5.82 Å². The fourth-order valence-electron chi connectivity index (χ4n) is 2.24. The molecule has 5 heteroatoms. The number of carbonyl (C=O) groups is 1. The molecule has 0 amide bonds. The quantitative estimate of drug-likeness (QED) is 0.747. The molecule has 3 rings (SSSR count). The van der Waals surface area contributed by atoms with Gasteiger partial charge >= 0.3 is 0 Å². The topological polar surface area (TPSA) is 46.9 Å². The number of fused-ring (bicyclic) bond motifs is 1. The highest BCUT2D eigenvalue weighted by Gasteiger charge is 2.16. The third-order valence-corrected chi connectivity index (χ3v) is 3.44. The van der Waals surface area contributed by atoms with Gasteiger partial charge in [-0.3, -0.25) is 4.79 Å². The second-order valence-electron chi connectivity index (χ2n) is 4.99. The van der Waals surface area contributed by atoms with Gasteiger partial charge in [0.15, 0.2) is 12.1 Å². The molecule has 0 aliphatic rings. The molecule has 1 aromatic heterocycles. The smallest absolute Gasteiger partial charge is 0.175 e. The van der Waals surface area contributed by atoms with Crippen LogP contribution >= 0.6 is 0 Å². The Hall–Kier alpha value is -2.69. The lowest BCUT2D eigenvalue weighted by Crippen LogP contribution is -2.00. The lowest BCUT2D eigenvalue weighted by Gasteiger charge is -2.11. The molecular formula is C16H14FN3O. The lowest BCUT2D eigenvalue weighted by atomic mass is 10.1. The van der Waals surface area contributed by atoms with Crippen molar-refractivity contribution in [2.24, 2.45) is 7.05 Å². The van der Waals surface area contributed by atoms with Crippen LogP contribution in [0.4, 0.5) is 15.8 Å². The predicted molar refractivity (Wildman–Crippen MR) is 80.5 cm³/mol. The fraction of sp³-hybridized carbons (Fsp3) is 0.125. The van der Waals surface area contributed by atoms with Crippen LogP contribution in [0.15, 0.2) is 36.7 Å². The van der Waals surface area contributed by atoms with Crippen LogP contribution < -0.4 is 5.32 Å². The van der Waals surface area contributed by atoms with Crippen molar-refractivity contribution in [3.63, 3.8) is 0 Å². The van der Waals surface area contributed by atoms with E-state index in [1.54, 1.807) is 17.7 Å². The first kappa shape index (κ1) is 13.3. The number of hydrogen-bond acceptors (Lipinski definition) is 3. The third kappa shape index (κ3) is 2.27. The average molecular weight is 283 g/mol. The van der Waals surface area contributed by atoms with Gasteiger partial charge in [0.2, 0.25) is 0 Å². The number of rotatable bonds is 3. The first-order chi connectivity index (χ1) is 10.1. The van der Waals surface area contributed by atoms with E-state index in [0.717, 1.165) is 11.3 Å². The summed E-state index contributed by atoms with van der Waals surface area (Å²) in [7, 11) is 1.76. The van der Waals surface area contributed by atoms with E-state index in [2.05, 4.69) is 10.3 Å². The van der Waals surface area contributed by atoms with Gasteiger partial charge < -0.3 is 9.88 Å². The molecule has 1 heterocycles. The number of aromatic nitrogens is 2. The normalized spacial score (nSPS) is 10.8. The van der Waals surface area contributed by atoms with E-state index in [4.69, 9.17) is 0 Å². The Bertz CT molecular complexity index is 822. The second kappa shape index (κ2) is 5.01. The van der Waals surface area contributed by atoms with E-state index >= 15 is 0 Å². The standard InChI is InChI=1S/C16H14FN3O/c1-10-3-5-12(6-4-10)19-15-11(8-21)7-13-16(14(15)17)18-9-20(13)2/h3-9,19H,1-2H3. The lowest BCUT2D eigenvalue weighted by molar-refractivity contribution is 0.112. The van der Waals surface area contributed by atoms with Gasteiger partial charge in [-0.1, -0.05) is 17.7 Å². The van der Waals surface area contributed by atoms with Crippen LogP contribution in [0.1, 0.15) is 15.9 Å². The zero-order chi connectivity index (χ0) is 15.0. The Morgan fingerprint density at radius 2 is 2.00 bits per heavy atom. The zero-order valence-corrected chi connectivity index (χ0v) is 11.7. The van der Waals surface area contributed by atoms with Crippen LogP contribution in [-0.4, -0.2) is 15.8 Å². The molecule has 21 heavy (non-hydrogen) atoms. The SMILES string of the molecule is Cc1ccc(Nc2c(C=O)cc3c(ncn3C)c2F)cc1. The molecule has 0 spiro atoms. The number of benzene rings is 2. The molecule has 0 unspecified atom stereocenters. The molecule has 0 radical (unpaired) electrons. The number of carbonyl (C=O) groups excluding carboxylic acids is 1. The van der Waals surface area contributed by atoms with Gasteiger partial charge in [-0.15, -0.1) is 0 Å². The molecule has 0 saturated heterocycles. The van der Waals surface area contributed by atoms with E-state index in [0.29, 0.717) is 11.8 Å². The maximum absolute atomic E-state index is 14.6. The van der Waals surface area contributed by atoms with Crippen molar-refractivity contribution in [1.82, 2.24) is 9.55 Å². The summed E-state index contributed by atoms with van der Waals surface area (Å²) in [5, 5.41) is 2.96. The maximum Gasteiger partial charge on any atom is 0.175 e. The number of imidazole rings is 1. The van der Waals surface area contributed by atoms with Gasteiger partial charge in [-0.25, -0.2) is 9.37 Å². The maximum atomic E-state index is 14.6. The minimum atomic E-state index is -0.518. The molecule has 0 aliphatic heterocycles. The molecule has 0 fully saturated rings. The van der Waals surface area contributed by atoms with E-state index in [1.165, 1.54) is 6.33 Å². The summed E-state index contributed by atoms with van der Waals surface area (Å²) in [6.45, 7) is 1.97. The van der Waals surface area contributed by atoms with Crippen molar-refractivity contribution in [2.75, 3.05) is 5.32 Å². The van der Waals surface area contributed by atoms with Gasteiger partial charge in [-0.2, -0.15) is 0 Å². The Kier molecular flexibility index (Phi) is 3.17. The number of hydrogen-bond donors (Lipinski definition) is 1. The number of nitrogens with zero attached hydrogens (tertiary/aromatic N) is 2. The molecular weight excluding hydrogens is 269 g/mol. The van der Waals surface area contributed by atoms with Crippen LogP contribution in [0.25, 0.3) is 11.0 Å². The van der Waals surface area contributed by atoms with Gasteiger partial charge in [-0.05, 0) is 25.1 Å². The highest BCUT2D eigenvalue weighted by Crippen LogP contribution is 2.29.